The Morgan fingerprint density at radius 3 is 2.28 bits per heavy atom. The molecule has 1 fully saturated rings. The summed E-state index contributed by atoms with van der Waals surface area (Å²) < 4.78 is 5.43. The number of nitriles is 1. The number of nitrogens with zero attached hydrogens (tertiary/aromatic N) is 3. The first kappa shape index (κ1) is 19.7. The van der Waals surface area contributed by atoms with Gasteiger partial charge in [-0.15, -0.1) is 11.8 Å². The van der Waals surface area contributed by atoms with Crippen LogP contribution in [-0.2, 0) is 4.74 Å². The molecule has 29 heavy (non-hydrogen) atoms. The largest absolute Gasteiger partial charge is 0.379 e. The minimum absolute atomic E-state index is 0.655. The Morgan fingerprint density at radius 1 is 0.966 bits per heavy atom. The number of thioether (sulfide) groups is 1. The van der Waals surface area contributed by atoms with E-state index >= 15 is 0 Å². The van der Waals surface area contributed by atoms with Crippen LogP contribution >= 0.6 is 11.8 Å². The topological polar surface area (TPSA) is 49.2 Å². The third-order valence-corrected chi connectivity index (χ3v) is 5.96. The predicted octanol–water partition coefficient (Wildman–Crippen LogP) is 4.71. The monoisotopic (exact) mass is 401 g/mol. The maximum atomic E-state index is 9.94. The van der Waals surface area contributed by atoms with Crippen molar-refractivity contribution in [3.8, 4) is 28.5 Å². The molecule has 0 amide bonds. The van der Waals surface area contributed by atoms with Gasteiger partial charge in [-0.25, -0.2) is 4.98 Å². The molecule has 5 heteroatoms. The normalized spacial score (nSPS) is 14.4. The average molecular weight is 402 g/mol. The molecule has 1 saturated heterocycles. The molecule has 0 N–H and O–H groups in total. The standard InChI is InChI=1S/C24H23N3OS/c25-18-22-21(19-7-3-1-4-8-19)17-23(20-9-5-2-6-10-20)26-24(22)29-16-13-27-11-14-28-15-12-27/h1-10,17H,11-16H2. The van der Waals surface area contributed by atoms with E-state index in [1.165, 1.54) is 0 Å². The van der Waals surface area contributed by atoms with Gasteiger partial charge in [0.05, 0.1) is 24.5 Å². The van der Waals surface area contributed by atoms with Gasteiger partial charge in [-0.3, -0.25) is 4.90 Å². The van der Waals surface area contributed by atoms with Crippen LogP contribution in [0.1, 0.15) is 5.56 Å². The fraction of sp³-hybridized carbons (Fsp3) is 0.250. The van der Waals surface area contributed by atoms with Crippen LogP contribution in [0, 0.1) is 11.3 Å². The summed E-state index contributed by atoms with van der Waals surface area (Å²) in [4.78, 5) is 7.28. The predicted molar refractivity (Wildman–Crippen MR) is 118 cm³/mol. The Morgan fingerprint density at radius 2 is 1.62 bits per heavy atom. The molecule has 0 bridgehead atoms. The van der Waals surface area contributed by atoms with Gasteiger partial charge < -0.3 is 4.74 Å². The second-order valence-electron chi connectivity index (χ2n) is 6.88. The van der Waals surface area contributed by atoms with E-state index < -0.39 is 0 Å². The summed E-state index contributed by atoms with van der Waals surface area (Å²) >= 11 is 1.67. The lowest BCUT2D eigenvalue weighted by Crippen LogP contribution is -2.37. The minimum atomic E-state index is 0.655. The van der Waals surface area contributed by atoms with Gasteiger partial charge >= 0.3 is 0 Å². The first-order valence-electron chi connectivity index (χ1n) is 9.84. The minimum Gasteiger partial charge on any atom is -0.379 e. The van der Waals surface area contributed by atoms with Crippen LogP contribution in [-0.4, -0.2) is 48.5 Å². The first-order chi connectivity index (χ1) is 14.3. The van der Waals surface area contributed by atoms with Gasteiger partial charge in [-0.2, -0.15) is 5.26 Å². The van der Waals surface area contributed by atoms with Crippen LogP contribution < -0.4 is 0 Å². The molecule has 2 aromatic carbocycles. The van der Waals surface area contributed by atoms with Gasteiger partial charge in [0.25, 0.3) is 0 Å². The van der Waals surface area contributed by atoms with E-state index in [1.807, 2.05) is 54.6 Å². The highest BCUT2D eigenvalue weighted by Gasteiger charge is 2.17. The van der Waals surface area contributed by atoms with E-state index in [-0.39, 0.29) is 0 Å². The zero-order chi connectivity index (χ0) is 19.9. The second kappa shape index (κ2) is 9.71. The summed E-state index contributed by atoms with van der Waals surface area (Å²) in [5, 5.41) is 10.7. The molecule has 2 heterocycles. The van der Waals surface area contributed by atoms with E-state index in [0.717, 1.165) is 66.0 Å². The van der Waals surface area contributed by atoms with Gasteiger partial charge in [0.2, 0.25) is 0 Å². The number of pyridine rings is 1. The number of rotatable bonds is 6. The fourth-order valence-electron chi connectivity index (χ4n) is 3.43. The van der Waals surface area contributed by atoms with Crippen LogP contribution in [0.4, 0.5) is 0 Å². The smallest absolute Gasteiger partial charge is 0.115 e. The van der Waals surface area contributed by atoms with Crippen LogP contribution in [0.2, 0.25) is 0 Å². The van der Waals surface area contributed by atoms with Crippen LogP contribution in [0.5, 0.6) is 0 Å². The third kappa shape index (κ3) is 4.86. The number of hydrogen-bond acceptors (Lipinski definition) is 5. The Kier molecular flexibility index (Phi) is 6.58. The molecule has 0 saturated carbocycles. The Bertz CT molecular complexity index is 980. The van der Waals surface area contributed by atoms with E-state index in [1.54, 1.807) is 11.8 Å². The molecule has 0 spiro atoms. The van der Waals surface area contributed by atoms with Gasteiger partial charge in [0.15, 0.2) is 0 Å². The molecule has 4 rings (SSSR count). The Hall–Kier alpha value is -2.65. The van der Waals surface area contributed by atoms with Crippen molar-refractivity contribution in [3.05, 3.63) is 72.3 Å². The van der Waals surface area contributed by atoms with E-state index in [0.29, 0.717) is 5.56 Å². The van der Waals surface area contributed by atoms with Crippen molar-refractivity contribution in [1.29, 1.82) is 5.26 Å². The second-order valence-corrected chi connectivity index (χ2v) is 7.97. The van der Waals surface area contributed by atoms with E-state index in [2.05, 4.69) is 23.1 Å². The van der Waals surface area contributed by atoms with Crippen molar-refractivity contribution in [2.45, 2.75) is 5.03 Å². The van der Waals surface area contributed by atoms with Crippen LogP contribution in [0.25, 0.3) is 22.4 Å². The molecule has 1 aromatic heterocycles. The summed E-state index contributed by atoms with van der Waals surface area (Å²) in [6.45, 7) is 4.51. The van der Waals surface area contributed by atoms with Crippen molar-refractivity contribution in [1.82, 2.24) is 9.88 Å². The summed E-state index contributed by atoms with van der Waals surface area (Å²) in [6.07, 6.45) is 0. The highest BCUT2D eigenvalue weighted by Crippen LogP contribution is 2.34. The molecule has 0 aliphatic carbocycles. The molecule has 1 aliphatic rings. The highest BCUT2D eigenvalue weighted by molar-refractivity contribution is 7.99. The average Bonchev–Trinajstić information content (AvgIpc) is 2.80. The molecular formula is C24H23N3OS. The van der Waals surface area contributed by atoms with Crippen LogP contribution in [0.15, 0.2) is 71.8 Å². The molecule has 0 radical (unpaired) electrons. The number of benzene rings is 2. The van der Waals surface area contributed by atoms with Gasteiger partial charge in [0, 0.05) is 36.5 Å². The van der Waals surface area contributed by atoms with Crippen molar-refractivity contribution in [2.24, 2.45) is 0 Å². The van der Waals surface area contributed by atoms with Crippen molar-refractivity contribution in [3.63, 3.8) is 0 Å². The lowest BCUT2D eigenvalue weighted by Gasteiger charge is -2.26. The Labute approximate surface area is 176 Å². The lowest BCUT2D eigenvalue weighted by molar-refractivity contribution is 0.0410. The van der Waals surface area contributed by atoms with Gasteiger partial charge in [0.1, 0.15) is 11.1 Å². The molecule has 4 nitrogen and oxygen atoms in total. The maximum Gasteiger partial charge on any atom is 0.115 e. The summed E-state index contributed by atoms with van der Waals surface area (Å²) in [5.74, 6) is 0.897. The molecular weight excluding hydrogens is 378 g/mol. The zero-order valence-electron chi connectivity index (χ0n) is 16.3. The summed E-state index contributed by atoms with van der Waals surface area (Å²) in [6, 6.07) is 24.7. The van der Waals surface area contributed by atoms with E-state index in [4.69, 9.17) is 9.72 Å². The first-order valence-corrected chi connectivity index (χ1v) is 10.8. The summed E-state index contributed by atoms with van der Waals surface area (Å²) in [5.41, 5.74) is 4.60. The van der Waals surface area contributed by atoms with Crippen LogP contribution in [0.3, 0.4) is 0 Å². The molecule has 1 aliphatic heterocycles. The van der Waals surface area contributed by atoms with Gasteiger partial charge in [-0.05, 0) is 11.6 Å². The number of hydrogen-bond donors (Lipinski definition) is 0. The summed E-state index contributed by atoms with van der Waals surface area (Å²) in [7, 11) is 0. The highest BCUT2D eigenvalue weighted by atomic mass is 32.2. The van der Waals surface area contributed by atoms with E-state index in [9.17, 15) is 5.26 Å². The zero-order valence-corrected chi connectivity index (χ0v) is 17.1. The fourth-order valence-corrected chi connectivity index (χ4v) is 4.44. The van der Waals surface area contributed by atoms with Crippen molar-refractivity contribution < 1.29 is 4.74 Å². The molecule has 0 atom stereocenters. The Balaban J connectivity index is 1.67. The lowest BCUT2D eigenvalue weighted by atomic mass is 9.99. The van der Waals surface area contributed by atoms with Crippen molar-refractivity contribution >= 4 is 11.8 Å². The van der Waals surface area contributed by atoms with Gasteiger partial charge in [-0.1, -0.05) is 60.7 Å². The number of ether oxygens (including phenoxy) is 1. The number of aromatic nitrogens is 1. The molecule has 3 aromatic rings. The molecule has 0 unspecified atom stereocenters. The maximum absolute atomic E-state index is 9.94. The third-order valence-electron chi connectivity index (χ3n) is 5.00. The van der Waals surface area contributed by atoms with Crippen molar-refractivity contribution in [2.75, 3.05) is 38.6 Å². The quantitative estimate of drug-likeness (QED) is 0.560. The SMILES string of the molecule is N#Cc1c(-c2ccccc2)cc(-c2ccccc2)nc1SCCN1CCOCC1. The molecule has 146 valence electrons. The number of morpholine rings is 1.